The molecule has 0 aliphatic carbocycles. The van der Waals surface area contributed by atoms with E-state index in [0.29, 0.717) is 25.1 Å². The van der Waals surface area contributed by atoms with Crippen molar-refractivity contribution in [3.8, 4) is 0 Å². The average molecular weight is 408 g/mol. The largest absolute Gasteiger partial charge is 0.350 e. The van der Waals surface area contributed by atoms with E-state index in [2.05, 4.69) is 10.6 Å². The molecule has 0 saturated carbocycles. The number of nitrogens with zero attached hydrogens (tertiary/aromatic N) is 1. The number of anilines is 1. The molecular weight excluding hydrogens is 386 g/mol. The predicted octanol–water partition coefficient (Wildman–Crippen LogP) is 1.96. The Morgan fingerprint density at radius 2 is 2.11 bits per heavy atom. The number of likely N-dealkylation sites (N-methyl/N-ethyl adjacent to an activating group) is 1. The Balaban J connectivity index is 1.71. The highest BCUT2D eigenvalue weighted by Gasteiger charge is 2.27. The number of benzene rings is 1. The van der Waals surface area contributed by atoms with Crippen LogP contribution < -0.4 is 10.6 Å². The maximum absolute atomic E-state index is 12.9. The van der Waals surface area contributed by atoms with Crippen molar-refractivity contribution in [2.75, 3.05) is 18.4 Å². The van der Waals surface area contributed by atoms with Crippen LogP contribution in [-0.2, 0) is 32.6 Å². The Morgan fingerprint density at radius 3 is 2.81 bits per heavy atom. The molecule has 0 radical (unpaired) electrons. The maximum atomic E-state index is 12.9. The number of fused-ring (bicyclic) bond motifs is 1. The van der Waals surface area contributed by atoms with Crippen molar-refractivity contribution in [2.45, 2.75) is 31.2 Å². The van der Waals surface area contributed by atoms with Crippen LogP contribution >= 0.6 is 11.3 Å². The van der Waals surface area contributed by atoms with Gasteiger partial charge in [0.1, 0.15) is 0 Å². The second-order valence-corrected chi connectivity index (χ2v) is 9.12. The zero-order chi connectivity index (χ0) is 19.4. The van der Waals surface area contributed by atoms with Gasteiger partial charge in [-0.15, -0.1) is 11.3 Å². The molecule has 2 aromatic rings. The number of amides is 2. The SMILES string of the molecule is CCN(CC(=O)NCc1cccs1)S(=O)(=O)c1ccc2c(c1)CCC(=O)N2. The van der Waals surface area contributed by atoms with Crippen LogP contribution in [0, 0.1) is 0 Å². The fraction of sp³-hybridized carbons (Fsp3) is 0.333. The molecule has 1 aromatic carbocycles. The number of carbonyl (C=O) groups excluding carboxylic acids is 2. The van der Waals surface area contributed by atoms with E-state index in [0.717, 1.165) is 14.7 Å². The average Bonchev–Trinajstić information content (AvgIpc) is 3.17. The van der Waals surface area contributed by atoms with E-state index in [4.69, 9.17) is 0 Å². The number of hydrogen-bond acceptors (Lipinski definition) is 5. The molecule has 0 saturated heterocycles. The predicted molar refractivity (Wildman–Crippen MR) is 104 cm³/mol. The number of aryl methyl sites for hydroxylation is 1. The van der Waals surface area contributed by atoms with Gasteiger partial charge in [0.05, 0.1) is 18.0 Å². The second-order valence-electron chi connectivity index (χ2n) is 6.15. The summed E-state index contributed by atoms with van der Waals surface area (Å²) in [5.41, 5.74) is 1.43. The van der Waals surface area contributed by atoms with Gasteiger partial charge in [0, 0.05) is 23.5 Å². The van der Waals surface area contributed by atoms with Gasteiger partial charge in [0.15, 0.2) is 0 Å². The number of rotatable bonds is 7. The fourth-order valence-corrected chi connectivity index (χ4v) is 4.95. The summed E-state index contributed by atoms with van der Waals surface area (Å²) in [5, 5.41) is 7.40. The zero-order valence-electron chi connectivity index (χ0n) is 14.9. The van der Waals surface area contributed by atoms with Crippen molar-refractivity contribution < 1.29 is 18.0 Å². The van der Waals surface area contributed by atoms with E-state index < -0.39 is 10.0 Å². The van der Waals surface area contributed by atoms with Crippen LogP contribution in [0.15, 0.2) is 40.6 Å². The monoisotopic (exact) mass is 407 g/mol. The maximum Gasteiger partial charge on any atom is 0.243 e. The smallest absolute Gasteiger partial charge is 0.243 e. The van der Waals surface area contributed by atoms with E-state index in [1.165, 1.54) is 17.4 Å². The van der Waals surface area contributed by atoms with Gasteiger partial charge in [-0.05, 0) is 41.6 Å². The molecule has 0 fully saturated rings. The van der Waals surface area contributed by atoms with Gasteiger partial charge >= 0.3 is 0 Å². The molecule has 7 nitrogen and oxygen atoms in total. The van der Waals surface area contributed by atoms with Crippen LogP contribution in [0.1, 0.15) is 23.8 Å². The van der Waals surface area contributed by atoms with Crippen molar-refractivity contribution in [3.63, 3.8) is 0 Å². The molecule has 0 unspecified atom stereocenters. The first-order valence-electron chi connectivity index (χ1n) is 8.62. The molecule has 2 heterocycles. The van der Waals surface area contributed by atoms with Gasteiger partial charge in [-0.25, -0.2) is 8.42 Å². The summed E-state index contributed by atoms with van der Waals surface area (Å²) in [6, 6.07) is 8.45. The number of hydrogen-bond donors (Lipinski definition) is 2. The van der Waals surface area contributed by atoms with Crippen LogP contribution in [0.25, 0.3) is 0 Å². The molecule has 0 spiro atoms. The molecule has 1 aliphatic heterocycles. The lowest BCUT2D eigenvalue weighted by atomic mass is 10.0. The highest BCUT2D eigenvalue weighted by molar-refractivity contribution is 7.89. The first-order chi connectivity index (χ1) is 12.9. The molecule has 9 heteroatoms. The van der Waals surface area contributed by atoms with Crippen molar-refractivity contribution >= 4 is 38.9 Å². The number of carbonyl (C=O) groups is 2. The Bertz CT molecular complexity index is 940. The van der Waals surface area contributed by atoms with Crippen molar-refractivity contribution in [2.24, 2.45) is 0 Å². The van der Waals surface area contributed by atoms with Crippen LogP contribution in [-0.4, -0.2) is 37.6 Å². The minimum Gasteiger partial charge on any atom is -0.350 e. The third-order valence-electron chi connectivity index (χ3n) is 4.32. The molecule has 144 valence electrons. The van der Waals surface area contributed by atoms with E-state index in [9.17, 15) is 18.0 Å². The summed E-state index contributed by atoms with van der Waals surface area (Å²) in [5.74, 6) is -0.422. The minimum absolute atomic E-state index is 0.0734. The first-order valence-corrected chi connectivity index (χ1v) is 10.9. The standard InChI is InChI=1S/C18H21N3O4S2/c1-2-21(12-18(23)19-11-14-4-3-9-26-14)27(24,25)15-6-7-16-13(10-15)5-8-17(22)20-16/h3-4,6-7,9-10H,2,5,8,11-12H2,1H3,(H,19,23)(H,20,22). The summed E-state index contributed by atoms with van der Waals surface area (Å²) in [6.45, 7) is 2.02. The molecule has 0 atom stereocenters. The Hall–Kier alpha value is -2.23. The van der Waals surface area contributed by atoms with E-state index >= 15 is 0 Å². The van der Waals surface area contributed by atoms with Gasteiger partial charge in [-0.1, -0.05) is 13.0 Å². The first kappa shape index (κ1) is 19.5. The van der Waals surface area contributed by atoms with Crippen molar-refractivity contribution in [1.82, 2.24) is 9.62 Å². The highest BCUT2D eigenvalue weighted by atomic mass is 32.2. The van der Waals surface area contributed by atoms with Crippen LogP contribution in [0.5, 0.6) is 0 Å². The normalized spacial score (nSPS) is 13.9. The second kappa shape index (κ2) is 8.20. The number of sulfonamides is 1. The van der Waals surface area contributed by atoms with Gasteiger partial charge < -0.3 is 10.6 Å². The van der Waals surface area contributed by atoms with Gasteiger partial charge in [0.2, 0.25) is 21.8 Å². The van der Waals surface area contributed by atoms with Gasteiger partial charge in [-0.2, -0.15) is 4.31 Å². The van der Waals surface area contributed by atoms with E-state index in [1.807, 2.05) is 17.5 Å². The third kappa shape index (κ3) is 4.55. The summed E-state index contributed by atoms with van der Waals surface area (Å²) in [4.78, 5) is 24.8. The van der Waals surface area contributed by atoms with Gasteiger partial charge in [-0.3, -0.25) is 9.59 Å². The number of thiophene rings is 1. The Labute approximate surface area is 162 Å². The summed E-state index contributed by atoms with van der Waals surface area (Å²) < 4.78 is 27.0. The van der Waals surface area contributed by atoms with Crippen molar-refractivity contribution in [3.05, 3.63) is 46.2 Å². The lowest BCUT2D eigenvalue weighted by molar-refractivity contribution is -0.121. The quantitative estimate of drug-likeness (QED) is 0.733. The number of nitrogens with one attached hydrogen (secondary N) is 2. The topological polar surface area (TPSA) is 95.6 Å². The zero-order valence-corrected chi connectivity index (χ0v) is 16.5. The molecule has 2 N–H and O–H groups in total. The minimum atomic E-state index is -3.80. The highest BCUT2D eigenvalue weighted by Crippen LogP contribution is 2.27. The Kier molecular flexibility index (Phi) is 5.93. The molecule has 2 amide bonds. The van der Waals surface area contributed by atoms with Crippen LogP contribution in [0.2, 0.25) is 0 Å². The summed E-state index contributed by atoms with van der Waals surface area (Å²) >= 11 is 1.53. The van der Waals surface area contributed by atoms with Gasteiger partial charge in [0.25, 0.3) is 0 Å². The molecular formula is C18H21N3O4S2. The molecule has 0 bridgehead atoms. The lowest BCUT2D eigenvalue weighted by Gasteiger charge is -2.22. The van der Waals surface area contributed by atoms with E-state index in [-0.39, 0.29) is 29.8 Å². The van der Waals surface area contributed by atoms with Crippen LogP contribution in [0.3, 0.4) is 0 Å². The molecule has 1 aliphatic rings. The van der Waals surface area contributed by atoms with E-state index in [1.54, 1.807) is 19.1 Å². The third-order valence-corrected chi connectivity index (χ3v) is 7.12. The molecule has 27 heavy (non-hydrogen) atoms. The summed E-state index contributed by atoms with van der Waals surface area (Å²) in [7, 11) is -3.80. The molecule has 3 rings (SSSR count). The Morgan fingerprint density at radius 1 is 1.30 bits per heavy atom. The van der Waals surface area contributed by atoms with Crippen LogP contribution in [0.4, 0.5) is 5.69 Å². The lowest BCUT2D eigenvalue weighted by Crippen LogP contribution is -2.40. The molecule has 1 aromatic heterocycles. The van der Waals surface area contributed by atoms with Crippen molar-refractivity contribution in [1.29, 1.82) is 0 Å². The fourth-order valence-electron chi connectivity index (χ4n) is 2.85. The summed E-state index contributed by atoms with van der Waals surface area (Å²) in [6.07, 6.45) is 0.830.